The average Bonchev–Trinajstić information content (AvgIpc) is 3.39. The van der Waals surface area contributed by atoms with Crippen LogP contribution in [-0.4, -0.2) is 8.97 Å². The van der Waals surface area contributed by atoms with Crippen molar-refractivity contribution in [3.05, 3.63) is 79.4 Å². The zero-order valence-electron chi connectivity index (χ0n) is 15.3. The van der Waals surface area contributed by atoms with Gasteiger partial charge in [0.25, 0.3) is 0 Å². The summed E-state index contributed by atoms with van der Waals surface area (Å²) in [6, 6.07) is 22.3. The van der Waals surface area contributed by atoms with E-state index in [1.165, 1.54) is 38.1 Å². The second-order valence-corrected chi connectivity index (χ2v) is 7.50. The van der Waals surface area contributed by atoms with Gasteiger partial charge in [-0.1, -0.05) is 54.6 Å². The van der Waals surface area contributed by atoms with Gasteiger partial charge in [-0.05, 0) is 19.9 Å². The topological polar surface area (TPSA) is 13.2 Å². The SMILES string of the molecule is CC(C)[n+]1[c-]n(-c2cccc3c4cccc5c6ccccc6n(c23)c54)cc1. The zero-order chi connectivity index (χ0) is 18.1. The molecule has 3 nitrogen and oxygen atoms in total. The first-order chi connectivity index (χ1) is 13.2. The van der Waals surface area contributed by atoms with Gasteiger partial charge in [-0.3, -0.25) is 0 Å². The lowest BCUT2D eigenvalue weighted by atomic mass is 10.1. The molecule has 0 saturated heterocycles. The molecule has 3 aromatic carbocycles. The Balaban J connectivity index is 1.84. The van der Waals surface area contributed by atoms with E-state index >= 15 is 0 Å². The van der Waals surface area contributed by atoms with Crippen LogP contribution >= 0.6 is 0 Å². The van der Waals surface area contributed by atoms with Crippen molar-refractivity contribution in [1.29, 1.82) is 0 Å². The zero-order valence-corrected chi connectivity index (χ0v) is 15.3. The highest BCUT2D eigenvalue weighted by Gasteiger charge is 2.19. The number of para-hydroxylation sites is 3. The molecule has 3 heterocycles. The summed E-state index contributed by atoms with van der Waals surface area (Å²) in [6.07, 6.45) is 7.67. The molecular formula is C24H19N3. The van der Waals surface area contributed by atoms with Gasteiger partial charge in [-0.25, -0.2) is 0 Å². The third kappa shape index (κ3) is 1.83. The molecule has 130 valence electrons. The Bertz CT molecular complexity index is 1450. The van der Waals surface area contributed by atoms with Crippen molar-refractivity contribution in [1.82, 2.24) is 8.97 Å². The van der Waals surface area contributed by atoms with E-state index < -0.39 is 0 Å². The number of rotatable bonds is 2. The van der Waals surface area contributed by atoms with E-state index in [2.05, 4.69) is 107 Å². The maximum absolute atomic E-state index is 3.48. The fraction of sp³-hybridized carbons (Fsp3) is 0.125. The molecule has 0 aliphatic carbocycles. The van der Waals surface area contributed by atoms with E-state index in [9.17, 15) is 0 Å². The number of hydrogen-bond acceptors (Lipinski definition) is 0. The van der Waals surface area contributed by atoms with Gasteiger partial charge in [-0.2, -0.15) is 0 Å². The lowest BCUT2D eigenvalue weighted by molar-refractivity contribution is -0.719. The van der Waals surface area contributed by atoms with Gasteiger partial charge in [-0.15, -0.1) is 0 Å². The second-order valence-electron chi connectivity index (χ2n) is 7.50. The van der Waals surface area contributed by atoms with Crippen molar-refractivity contribution in [2.24, 2.45) is 0 Å². The molecule has 0 unspecified atom stereocenters. The summed E-state index contributed by atoms with van der Waals surface area (Å²) in [6.45, 7) is 4.35. The smallest absolute Gasteiger partial charge is 0.243 e. The molecular weight excluding hydrogens is 330 g/mol. The molecule has 0 fully saturated rings. The summed E-state index contributed by atoms with van der Waals surface area (Å²) in [5.41, 5.74) is 4.97. The highest BCUT2D eigenvalue weighted by atomic mass is 15.1. The van der Waals surface area contributed by atoms with Crippen molar-refractivity contribution in [2.45, 2.75) is 19.9 Å². The van der Waals surface area contributed by atoms with Crippen LogP contribution in [0, 0.1) is 6.33 Å². The summed E-state index contributed by atoms with van der Waals surface area (Å²) < 4.78 is 6.66. The molecule has 6 rings (SSSR count). The van der Waals surface area contributed by atoms with Gasteiger partial charge >= 0.3 is 0 Å². The molecule has 0 aliphatic rings. The summed E-state index contributed by atoms with van der Waals surface area (Å²) in [7, 11) is 0. The quantitative estimate of drug-likeness (QED) is 0.297. The molecule has 3 heteroatoms. The van der Waals surface area contributed by atoms with E-state index in [1.54, 1.807) is 0 Å². The minimum atomic E-state index is 0.388. The molecule has 3 aromatic heterocycles. The van der Waals surface area contributed by atoms with Crippen LogP contribution in [-0.2, 0) is 0 Å². The number of nitrogens with zero attached hydrogens (tertiary/aromatic N) is 3. The molecule has 27 heavy (non-hydrogen) atoms. The number of fused-ring (bicyclic) bond motifs is 6. The van der Waals surface area contributed by atoms with Gasteiger partial charge < -0.3 is 13.5 Å². The Hall–Kier alpha value is -3.33. The molecule has 0 radical (unpaired) electrons. The van der Waals surface area contributed by atoms with Gasteiger partial charge in [0.05, 0.1) is 28.3 Å². The average molecular weight is 349 g/mol. The fourth-order valence-corrected chi connectivity index (χ4v) is 4.40. The summed E-state index contributed by atoms with van der Waals surface area (Å²) in [4.78, 5) is 0. The van der Waals surface area contributed by atoms with E-state index in [-0.39, 0.29) is 0 Å². The van der Waals surface area contributed by atoms with Crippen LogP contribution in [0.15, 0.2) is 73.1 Å². The Morgan fingerprint density at radius 3 is 2.22 bits per heavy atom. The molecule has 0 bridgehead atoms. The van der Waals surface area contributed by atoms with Crippen LogP contribution in [0.25, 0.3) is 43.8 Å². The monoisotopic (exact) mass is 349 g/mol. The maximum Gasteiger partial charge on any atom is 0.243 e. The Morgan fingerprint density at radius 1 is 0.778 bits per heavy atom. The summed E-state index contributed by atoms with van der Waals surface area (Å²) in [5, 5.41) is 5.23. The van der Waals surface area contributed by atoms with Crippen LogP contribution in [0.4, 0.5) is 0 Å². The first-order valence-electron chi connectivity index (χ1n) is 9.42. The van der Waals surface area contributed by atoms with E-state index in [4.69, 9.17) is 0 Å². The standard InChI is InChI=1S/C24H19N3/c1-16(2)25-13-14-26(15-25)22-12-6-10-20-19-9-5-8-18-17-7-3-4-11-21(17)27(23(18)19)24(20)22/h3-14,16H,1-2H3. The van der Waals surface area contributed by atoms with Gasteiger partial charge in [0.1, 0.15) is 0 Å². The second kappa shape index (κ2) is 5.10. The minimum absolute atomic E-state index is 0.388. The van der Waals surface area contributed by atoms with Crippen molar-refractivity contribution in [2.75, 3.05) is 0 Å². The third-order valence-electron chi connectivity index (χ3n) is 5.64. The molecule has 0 atom stereocenters. The van der Waals surface area contributed by atoms with Crippen LogP contribution < -0.4 is 4.57 Å². The summed E-state index contributed by atoms with van der Waals surface area (Å²) >= 11 is 0. The van der Waals surface area contributed by atoms with Crippen molar-refractivity contribution >= 4 is 38.1 Å². The van der Waals surface area contributed by atoms with Crippen LogP contribution in [0.5, 0.6) is 0 Å². The first-order valence-corrected chi connectivity index (χ1v) is 9.42. The Morgan fingerprint density at radius 2 is 1.44 bits per heavy atom. The molecule has 0 amide bonds. The predicted molar refractivity (Wildman–Crippen MR) is 110 cm³/mol. The highest BCUT2D eigenvalue weighted by Crippen LogP contribution is 2.40. The normalized spacial score (nSPS) is 12.4. The Labute approximate surface area is 157 Å². The lowest BCUT2D eigenvalue weighted by Gasteiger charge is -2.08. The maximum atomic E-state index is 3.48. The predicted octanol–water partition coefficient (Wildman–Crippen LogP) is 5.30. The molecule has 0 aliphatic heterocycles. The third-order valence-corrected chi connectivity index (χ3v) is 5.64. The highest BCUT2D eigenvalue weighted by molar-refractivity contribution is 6.24. The van der Waals surface area contributed by atoms with Gasteiger partial charge in [0, 0.05) is 33.9 Å². The Kier molecular flexibility index (Phi) is 2.80. The van der Waals surface area contributed by atoms with E-state index in [1.807, 2.05) is 0 Å². The number of aromatic nitrogens is 3. The van der Waals surface area contributed by atoms with Crippen molar-refractivity contribution in [3.8, 4) is 5.69 Å². The van der Waals surface area contributed by atoms with Crippen LogP contribution in [0.1, 0.15) is 19.9 Å². The molecule has 6 aromatic rings. The molecule has 0 N–H and O–H groups in total. The number of imidazole rings is 1. The number of benzene rings is 3. The van der Waals surface area contributed by atoms with Gasteiger partial charge in [0.15, 0.2) is 0 Å². The molecule has 0 spiro atoms. The largest absolute Gasteiger partial charge is 0.324 e. The fourth-order valence-electron chi connectivity index (χ4n) is 4.40. The molecule has 0 saturated carbocycles. The van der Waals surface area contributed by atoms with Crippen molar-refractivity contribution in [3.63, 3.8) is 0 Å². The minimum Gasteiger partial charge on any atom is -0.324 e. The van der Waals surface area contributed by atoms with Crippen LogP contribution in [0.3, 0.4) is 0 Å². The first kappa shape index (κ1) is 14.8. The summed E-state index contributed by atoms with van der Waals surface area (Å²) in [5.74, 6) is 0. The van der Waals surface area contributed by atoms with Crippen molar-refractivity contribution < 1.29 is 4.57 Å². The van der Waals surface area contributed by atoms with E-state index in [0.29, 0.717) is 6.04 Å². The van der Waals surface area contributed by atoms with Crippen LogP contribution in [0.2, 0.25) is 0 Å². The lowest BCUT2D eigenvalue weighted by Crippen LogP contribution is -2.33. The number of hydrogen-bond donors (Lipinski definition) is 0. The van der Waals surface area contributed by atoms with E-state index in [0.717, 1.165) is 5.69 Å². The van der Waals surface area contributed by atoms with Gasteiger partial charge in [0.2, 0.25) is 6.33 Å².